The van der Waals surface area contributed by atoms with Gasteiger partial charge in [-0.05, 0) is 65.4 Å². The second kappa shape index (κ2) is 8.65. The first-order valence-corrected chi connectivity index (χ1v) is 9.91. The molecule has 1 heterocycles. The van der Waals surface area contributed by atoms with Gasteiger partial charge in [-0.25, -0.2) is 9.37 Å². The van der Waals surface area contributed by atoms with Crippen LogP contribution in [0, 0.1) is 9.39 Å². The zero-order chi connectivity index (χ0) is 19.4. The number of nitrogens with zero attached hydrogens (tertiary/aromatic N) is 3. The van der Waals surface area contributed by atoms with Crippen molar-refractivity contribution in [1.29, 1.82) is 0 Å². The summed E-state index contributed by atoms with van der Waals surface area (Å²) in [6.07, 6.45) is 2.60. The van der Waals surface area contributed by atoms with Crippen LogP contribution in [-0.4, -0.2) is 26.9 Å². The largest absolute Gasteiger partial charge is 0.327 e. The quantitative estimate of drug-likeness (QED) is 0.354. The highest BCUT2D eigenvalue weighted by atomic mass is 127. The summed E-state index contributed by atoms with van der Waals surface area (Å²) in [5.41, 5.74) is 2.13. The standard InChI is InChI=1S/C21H21FIN3O/c1-3-10-25(21(27)15-6-5-7-17(23)12-15)14-20-24-18-9-8-16(22)13-19(18)26(20)11-4-2/h3,5-9,12-13H,1,4,10-11,14H2,2H3. The third kappa shape index (κ3) is 4.37. The minimum absolute atomic E-state index is 0.0744. The third-order valence-corrected chi connectivity index (χ3v) is 4.95. The van der Waals surface area contributed by atoms with E-state index in [2.05, 4.69) is 41.1 Å². The lowest BCUT2D eigenvalue weighted by molar-refractivity contribution is 0.0757. The van der Waals surface area contributed by atoms with Gasteiger partial charge in [-0.15, -0.1) is 6.58 Å². The number of hydrogen-bond donors (Lipinski definition) is 0. The van der Waals surface area contributed by atoms with Gasteiger partial charge in [-0.1, -0.05) is 19.1 Å². The number of fused-ring (bicyclic) bond motifs is 1. The fourth-order valence-electron chi connectivity index (χ4n) is 3.09. The number of halogens is 2. The molecule has 3 aromatic rings. The number of amides is 1. The van der Waals surface area contributed by atoms with Crippen molar-refractivity contribution in [3.05, 3.63) is 75.9 Å². The topological polar surface area (TPSA) is 38.1 Å². The average molecular weight is 477 g/mol. The van der Waals surface area contributed by atoms with Gasteiger partial charge in [0.25, 0.3) is 5.91 Å². The molecule has 0 radical (unpaired) electrons. The molecule has 4 nitrogen and oxygen atoms in total. The zero-order valence-corrected chi connectivity index (χ0v) is 17.3. The summed E-state index contributed by atoms with van der Waals surface area (Å²) in [4.78, 5) is 19.4. The Morgan fingerprint density at radius 2 is 2.15 bits per heavy atom. The summed E-state index contributed by atoms with van der Waals surface area (Å²) in [5, 5.41) is 0. The Morgan fingerprint density at radius 3 is 2.85 bits per heavy atom. The first-order chi connectivity index (χ1) is 13.0. The Balaban J connectivity index is 1.97. The van der Waals surface area contributed by atoms with Crippen molar-refractivity contribution in [1.82, 2.24) is 14.5 Å². The van der Waals surface area contributed by atoms with E-state index < -0.39 is 0 Å². The molecule has 0 saturated heterocycles. The van der Waals surface area contributed by atoms with E-state index in [0.717, 1.165) is 26.8 Å². The number of benzene rings is 2. The smallest absolute Gasteiger partial charge is 0.254 e. The Labute approximate surface area is 171 Å². The second-order valence-corrected chi connectivity index (χ2v) is 7.54. The van der Waals surface area contributed by atoms with Crippen LogP contribution in [0.1, 0.15) is 29.5 Å². The molecule has 0 aliphatic heterocycles. The van der Waals surface area contributed by atoms with Crippen LogP contribution in [0.5, 0.6) is 0 Å². The van der Waals surface area contributed by atoms with E-state index in [1.807, 2.05) is 28.8 Å². The van der Waals surface area contributed by atoms with E-state index >= 15 is 0 Å². The van der Waals surface area contributed by atoms with Crippen LogP contribution >= 0.6 is 22.6 Å². The molecule has 0 N–H and O–H groups in total. The molecule has 0 aliphatic rings. The predicted octanol–water partition coefficient (Wildman–Crippen LogP) is 5.02. The van der Waals surface area contributed by atoms with Crippen molar-refractivity contribution in [2.24, 2.45) is 0 Å². The van der Waals surface area contributed by atoms with Gasteiger partial charge < -0.3 is 9.47 Å². The number of rotatable bonds is 7. The number of aromatic nitrogens is 2. The maximum atomic E-state index is 13.7. The molecule has 0 atom stereocenters. The highest BCUT2D eigenvalue weighted by molar-refractivity contribution is 14.1. The van der Waals surface area contributed by atoms with Crippen molar-refractivity contribution < 1.29 is 9.18 Å². The van der Waals surface area contributed by atoms with E-state index in [9.17, 15) is 9.18 Å². The lowest BCUT2D eigenvalue weighted by atomic mass is 10.2. The fourth-order valence-corrected chi connectivity index (χ4v) is 3.63. The highest BCUT2D eigenvalue weighted by Crippen LogP contribution is 2.20. The first-order valence-electron chi connectivity index (χ1n) is 8.84. The lowest BCUT2D eigenvalue weighted by Crippen LogP contribution is -2.32. The molecule has 27 heavy (non-hydrogen) atoms. The Kier molecular flexibility index (Phi) is 6.26. The summed E-state index contributed by atoms with van der Waals surface area (Å²) in [6, 6.07) is 12.1. The second-order valence-electron chi connectivity index (χ2n) is 6.30. The Hall–Kier alpha value is -2.22. The molecule has 1 aromatic heterocycles. The molecule has 0 spiro atoms. The van der Waals surface area contributed by atoms with Gasteiger partial charge >= 0.3 is 0 Å². The van der Waals surface area contributed by atoms with E-state index in [1.54, 1.807) is 17.0 Å². The summed E-state index contributed by atoms with van der Waals surface area (Å²) < 4.78 is 16.7. The zero-order valence-electron chi connectivity index (χ0n) is 15.2. The summed E-state index contributed by atoms with van der Waals surface area (Å²) in [5.74, 6) is 0.386. The number of carbonyl (C=O) groups excluding carboxylic acids is 1. The average Bonchev–Trinajstić information content (AvgIpc) is 2.98. The van der Waals surface area contributed by atoms with Gasteiger partial charge in [0.15, 0.2) is 0 Å². The van der Waals surface area contributed by atoms with Gasteiger partial charge in [0.2, 0.25) is 0 Å². The van der Waals surface area contributed by atoms with Crippen molar-refractivity contribution in [2.45, 2.75) is 26.4 Å². The van der Waals surface area contributed by atoms with Gasteiger partial charge in [0, 0.05) is 22.2 Å². The molecule has 0 unspecified atom stereocenters. The predicted molar refractivity (Wildman–Crippen MR) is 114 cm³/mol. The molecular formula is C21H21FIN3O. The molecule has 0 fully saturated rings. The summed E-state index contributed by atoms with van der Waals surface area (Å²) in [7, 11) is 0. The maximum absolute atomic E-state index is 13.7. The van der Waals surface area contributed by atoms with E-state index in [4.69, 9.17) is 0 Å². The maximum Gasteiger partial charge on any atom is 0.254 e. The van der Waals surface area contributed by atoms with E-state index in [1.165, 1.54) is 12.1 Å². The molecule has 0 saturated carbocycles. The number of hydrogen-bond acceptors (Lipinski definition) is 2. The number of carbonyl (C=O) groups is 1. The number of aryl methyl sites for hydroxylation is 1. The van der Waals surface area contributed by atoms with Gasteiger partial charge in [-0.3, -0.25) is 4.79 Å². The van der Waals surface area contributed by atoms with Crippen LogP contribution in [0.25, 0.3) is 11.0 Å². The molecule has 0 aliphatic carbocycles. The fraction of sp³-hybridized carbons (Fsp3) is 0.238. The van der Waals surface area contributed by atoms with Crippen molar-refractivity contribution in [2.75, 3.05) is 6.54 Å². The molecule has 6 heteroatoms. The van der Waals surface area contributed by atoms with Crippen molar-refractivity contribution in [3.63, 3.8) is 0 Å². The van der Waals surface area contributed by atoms with Crippen LogP contribution in [0.2, 0.25) is 0 Å². The van der Waals surface area contributed by atoms with Crippen LogP contribution in [0.4, 0.5) is 4.39 Å². The Bertz CT molecular complexity index is 983. The number of imidazole rings is 1. The Morgan fingerprint density at radius 1 is 1.33 bits per heavy atom. The van der Waals surface area contributed by atoms with Gasteiger partial charge in [0.1, 0.15) is 11.6 Å². The monoisotopic (exact) mass is 477 g/mol. The first kappa shape index (κ1) is 19.5. The summed E-state index contributed by atoms with van der Waals surface area (Å²) >= 11 is 2.19. The normalized spacial score (nSPS) is 10.9. The molecule has 3 rings (SSSR count). The van der Waals surface area contributed by atoms with Crippen LogP contribution in [-0.2, 0) is 13.1 Å². The summed E-state index contributed by atoms with van der Waals surface area (Å²) in [6.45, 7) is 7.31. The molecule has 0 bridgehead atoms. The van der Waals surface area contributed by atoms with Gasteiger partial charge in [0.05, 0.1) is 17.6 Å². The van der Waals surface area contributed by atoms with Crippen molar-refractivity contribution in [3.8, 4) is 0 Å². The van der Waals surface area contributed by atoms with E-state index in [-0.39, 0.29) is 11.7 Å². The third-order valence-electron chi connectivity index (χ3n) is 4.28. The van der Waals surface area contributed by atoms with Crippen LogP contribution in [0.15, 0.2) is 55.1 Å². The SMILES string of the molecule is C=CCN(Cc1nc2ccc(F)cc2n1CCC)C(=O)c1cccc(I)c1. The molecule has 140 valence electrons. The minimum Gasteiger partial charge on any atom is -0.327 e. The minimum atomic E-state index is -0.288. The lowest BCUT2D eigenvalue weighted by Gasteiger charge is -2.21. The van der Waals surface area contributed by atoms with Gasteiger partial charge in [-0.2, -0.15) is 0 Å². The van der Waals surface area contributed by atoms with Crippen LogP contribution in [0.3, 0.4) is 0 Å². The highest BCUT2D eigenvalue weighted by Gasteiger charge is 2.19. The molecule has 2 aromatic carbocycles. The van der Waals surface area contributed by atoms with Crippen LogP contribution < -0.4 is 0 Å². The molecular weight excluding hydrogens is 456 g/mol. The van der Waals surface area contributed by atoms with E-state index in [0.29, 0.717) is 25.2 Å². The van der Waals surface area contributed by atoms with Crippen molar-refractivity contribution >= 4 is 39.5 Å². The molecule has 1 amide bonds.